The summed E-state index contributed by atoms with van der Waals surface area (Å²) in [6.07, 6.45) is 4.31. The number of aldehydes is 1. The number of allylic oxidation sites excluding steroid dienone is 1. The molecule has 0 saturated heterocycles. The fourth-order valence-corrected chi connectivity index (χ4v) is 1.73. The van der Waals surface area contributed by atoms with E-state index in [2.05, 4.69) is 16.5 Å². The van der Waals surface area contributed by atoms with Gasteiger partial charge in [0, 0.05) is 36.9 Å². The van der Waals surface area contributed by atoms with Gasteiger partial charge in [0.05, 0.1) is 0 Å². The van der Waals surface area contributed by atoms with E-state index >= 15 is 0 Å². The summed E-state index contributed by atoms with van der Waals surface area (Å²) in [6, 6.07) is 1.82. The normalized spacial score (nSPS) is 13.9. The molecule has 1 aliphatic rings. The van der Waals surface area contributed by atoms with Crippen LogP contribution in [0.15, 0.2) is 24.9 Å². The Morgan fingerprint density at radius 2 is 2.22 bits per heavy atom. The van der Waals surface area contributed by atoms with E-state index in [1.54, 1.807) is 0 Å². The second kappa shape index (κ2) is 7.05. The lowest BCUT2D eigenvalue weighted by atomic mass is 9.80. The van der Waals surface area contributed by atoms with Gasteiger partial charge in [0.2, 0.25) is 0 Å². The lowest BCUT2D eigenvalue weighted by Gasteiger charge is -2.24. The van der Waals surface area contributed by atoms with Gasteiger partial charge in [0.15, 0.2) is 0 Å². The summed E-state index contributed by atoms with van der Waals surface area (Å²) >= 11 is 0. The molecule has 0 amide bonds. The van der Waals surface area contributed by atoms with Crippen molar-refractivity contribution in [3.63, 3.8) is 0 Å². The van der Waals surface area contributed by atoms with Crippen LogP contribution < -0.4 is 5.46 Å². The third-order valence-corrected chi connectivity index (χ3v) is 2.65. The van der Waals surface area contributed by atoms with Gasteiger partial charge >= 0.3 is 7.12 Å². The Morgan fingerprint density at radius 3 is 2.78 bits per heavy atom. The van der Waals surface area contributed by atoms with Gasteiger partial charge < -0.3 is 14.9 Å². The number of rotatable bonds is 2. The Balaban J connectivity index is 0.000000357. The first kappa shape index (κ1) is 14.6. The van der Waals surface area contributed by atoms with Crippen molar-refractivity contribution in [3.05, 3.63) is 36.2 Å². The van der Waals surface area contributed by atoms with Crippen LogP contribution in [0.5, 0.6) is 0 Å². The van der Waals surface area contributed by atoms with Crippen molar-refractivity contribution in [2.24, 2.45) is 0 Å². The second-order valence-electron chi connectivity index (χ2n) is 4.11. The second-order valence-corrected chi connectivity index (χ2v) is 4.11. The molecule has 0 aliphatic carbocycles. The number of carbonyl (C=O) groups is 1. The number of carbonyl (C=O) groups excluding carboxylic acids is 1. The van der Waals surface area contributed by atoms with Crippen LogP contribution in [0.4, 0.5) is 0 Å². The van der Waals surface area contributed by atoms with E-state index < -0.39 is 7.12 Å². The molecule has 5 nitrogen and oxygen atoms in total. The highest BCUT2D eigenvalue weighted by Crippen LogP contribution is 2.13. The van der Waals surface area contributed by atoms with Gasteiger partial charge in [-0.1, -0.05) is 12.6 Å². The van der Waals surface area contributed by atoms with Gasteiger partial charge in [-0.05, 0) is 18.7 Å². The van der Waals surface area contributed by atoms with E-state index in [1.807, 2.05) is 13.1 Å². The van der Waals surface area contributed by atoms with Gasteiger partial charge in [0.25, 0.3) is 0 Å². The molecule has 0 radical (unpaired) electrons. The minimum absolute atomic E-state index is 0.471. The first-order valence-corrected chi connectivity index (χ1v) is 5.67. The SMILES string of the molecule is C=CC=O.CN1CCc2ncc(B(O)O)cc2C1. The molecule has 0 fully saturated rings. The lowest BCUT2D eigenvalue weighted by Crippen LogP contribution is -2.34. The molecule has 0 bridgehead atoms. The van der Waals surface area contributed by atoms with Gasteiger partial charge in [-0.25, -0.2) is 0 Å². The van der Waals surface area contributed by atoms with Crippen LogP contribution >= 0.6 is 0 Å². The molecule has 1 aliphatic heterocycles. The average Bonchev–Trinajstić information content (AvgIpc) is 2.38. The molecule has 6 heteroatoms. The van der Waals surface area contributed by atoms with Crippen molar-refractivity contribution in [3.8, 4) is 0 Å². The number of pyridine rings is 1. The fraction of sp³-hybridized carbons (Fsp3) is 0.333. The Morgan fingerprint density at radius 1 is 1.56 bits per heavy atom. The summed E-state index contributed by atoms with van der Waals surface area (Å²) in [5.41, 5.74) is 2.65. The van der Waals surface area contributed by atoms with E-state index in [9.17, 15) is 0 Å². The predicted molar refractivity (Wildman–Crippen MR) is 70.4 cm³/mol. The lowest BCUT2D eigenvalue weighted by molar-refractivity contribution is -0.104. The summed E-state index contributed by atoms with van der Waals surface area (Å²) in [7, 11) is 0.630. The molecule has 2 N–H and O–H groups in total. The van der Waals surface area contributed by atoms with Crippen LogP contribution in [0.25, 0.3) is 0 Å². The van der Waals surface area contributed by atoms with Crippen LogP contribution in [0.2, 0.25) is 0 Å². The number of fused-ring (bicyclic) bond motifs is 1. The number of hydrogen-bond acceptors (Lipinski definition) is 5. The molecule has 0 saturated carbocycles. The van der Waals surface area contributed by atoms with Crippen LogP contribution in [-0.4, -0.2) is 46.9 Å². The van der Waals surface area contributed by atoms with Gasteiger partial charge in [-0.15, -0.1) is 0 Å². The zero-order valence-corrected chi connectivity index (χ0v) is 10.4. The van der Waals surface area contributed by atoms with Crippen molar-refractivity contribution >= 4 is 18.9 Å². The summed E-state index contributed by atoms with van der Waals surface area (Å²) in [6.45, 7) is 4.96. The maximum Gasteiger partial charge on any atom is 0.490 e. The quantitative estimate of drug-likeness (QED) is 0.404. The van der Waals surface area contributed by atoms with Gasteiger partial charge in [0.1, 0.15) is 6.29 Å². The molecule has 2 rings (SSSR count). The third kappa shape index (κ3) is 4.07. The highest BCUT2D eigenvalue weighted by atomic mass is 16.4. The maximum atomic E-state index is 9.06. The smallest absolute Gasteiger partial charge is 0.423 e. The van der Waals surface area contributed by atoms with Crippen LogP contribution in [0.3, 0.4) is 0 Å². The minimum Gasteiger partial charge on any atom is -0.423 e. The number of aromatic nitrogens is 1. The summed E-state index contributed by atoms with van der Waals surface area (Å²) in [4.78, 5) is 15.5. The Bertz CT molecular complexity index is 418. The minimum atomic E-state index is -1.42. The Hall–Kier alpha value is -1.50. The average molecular weight is 248 g/mol. The van der Waals surface area contributed by atoms with Gasteiger partial charge in [-0.2, -0.15) is 0 Å². The molecule has 0 aromatic carbocycles. The summed E-state index contributed by atoms with van der Waals surface area (Å²) in [5.74, 6) is 0. The first-order valence-electron chi connectivity index (χ1n) is 5.67. The topological polar surface area (TPSA) is 73.7 Å². The molecule has 1 aromatic heterocycles. The van der Waals surface area contributed by atoms with E-state index in [4.69, 9.17) is 14.8 Å². The Kier molecular flexibility index (Phi) is 5.71. The number of likely N-dealkylation sites (N-methyl/N-ethyl adjacent to an activating group) is 1. The van der Waals surface area contributed by atoms with Crippen molar-refractivity contribution < 1.29 is 14.8 Å². The summed E-state index contributed by atoms with van der Waals surface area (Å²) in [5, 5.41) is 18.0. The zero-order chi connectivity index (χ0) is 13.5. The highest BCUT2D eigenvalue weighted by molar-refractivity contribution is 6.58. The molecule has 96 valence electrons. The third-order valence-electron chi connectivity index (χ3n) is 2.65. The molecule has 0 unspecified atom stereocenters. The molecule has 1 aromatic rings. The van der Waals surface area contributed by atoms with Crippen molar-refractivity contribution in [2.45, 2.75) is 13.0 Å². The fourth-order valence-electron chi connectivity index (χ4n) is 1.73. The van der Waals surface area contributed by atoms with Gasteiger partial charge in [-0.3, -0.25) is 9.78 Å². The van der Waals surface area contributed by atoms with Crippen LogP contribution in [-0.2, 0) is 17.8 Å². The highest BCUT2D eigenvalue weighted by Gasteiger charge is 2.18. The molecular formula is C12H17BN2O3. The Labute approximate surface area is 107 Å². The van der Waals surface area contributed by atoms with Crippen molar-refractivity contribution in [1.82, 2.24) is 9.88 Å². The first-order chi connectivity index (χ1) is 8.58. The van der Waals surface area contributed by atoms with Crippen LogP contribution in [0.1, 0.15) is 11.3 Å². The van der Waals surface area contributed by atoms with E-state index in [-0.39, 0.29) is 0 Å². The van der Waals surface area contributed by atoms with E-state index in [0.29, 0.717) is 11.7 Å². The van der Waals surface area contributed by atoms with Crippen LogP contribution in [0, 0.1) is 0 Å². The molecular weight excluding hydrogens is 231 g/mol. The molecule has 2 heterocycles. The standard InChI is InChI=1S/C9H13BN2O2.C3H4O/c1-12-3-2-9-7(6-12)4-8(5-11-9)10(13)14;1-2-3-4/h4-5,13-14H,2-3,6H2,1H3;2-3H,1H2. The van der Waals surface area contributed by atoms with E-state index in [1.165, 1.54) is 12.3 Å². The zero-order valence-electron chi connectivity index (χ0n) is 10.4. The van der Waals surface area contributed by atoms with Crippen molar-refractivity contribution in [1.29, 1.82) is 0 Å². The molecule has 18 heavy (non-hydrogen) atoms. The maximum absolute atomic E-state index is 9.06. The monoisotopic (exact) mass is 248 g/mol. The van der Waals surface area contributed by atoms with Crippen molar-refractivity contribution in [2.75, 3.05) is 13.6 Å². The summed E-state index contributed by atoms with van der Waals surface area (Å²) < 4.78 is 0. The van der Waals surface area contributed by atoms with E-state index in [0.717, 1.165) is 30.8 Å². The molecule has 0 spiro atoms. The molecule has 0 atom stereocenters. The number of nitrogens with zero attached hydrogens (tertiary/aromatic N) is 2. The largest absolute Gasteiger partial charge is 0.490 e. The number of hydrogen-bond donors (Lipinski definition) is 2. The predicted octanol–water partition coefficient (Wildman–Crippen LogP) is -0.879.